The average molecular weight is 264 g/mol. The highest BCUT2D eigenvalue weighted by atomic mass is 16.5. The van der Waals surface area contributed by atoms with E-state index in [1.165, 1.54) is 32.1 Å². The van der Waals surface area contributed by atoms with E-state index < -0.39 is 0 Å². The lowest BCUT2D eigenvalue weighted by atomic mass is 9.93. The number of carbonyl (C=O) groups is 1. The van der Waals surface area contributed by atoms with Gasteiger partial charge in [0.15, 0.2) is 0 Å². The first kappa shape index (κ1) is 12.2. The van der Waals surface area contributed by atoms with E-state index in [1.54, 1.807) is 0 Å². The van der Waals surface area contributed by atoms with Crippen molar-refractivity contribution in [2.75, 3.05) is 13.2 Å². The highest BCUT2D eigenvalue weighted by Gasteiger charge is 2.45. The van der Waals surface area contributed by atoms with Crippen molar-refractivity contribution in [1.29, 1.82) is 0 Å². The zero-order valence-electron chi connectivity index (χ0n) is 11.4. The minimum absolute atomic E-state index is 0.0629. The molecule has 0 aromatic carbocycles. The van der Waals surface area contributed by atoms with E-state index in [9.17, 15) is 4.79 Å². The van der Waals surface area contributed by atoms with Gasteiger partial charge in [0.05, 0.1) is 18.2 Å². The number of fused-ring (bicyclic) bond motifs is 1. The van der Waals surface area contributed by atoms with Gasteiger partial charge in [0.1, 0.15) is 0 Å². The molecule has 0 aromatic rings. The molecule has 4 rings (SSSR count). The zero-order valence-corrected chi connectivity index (χ0v) is 11.4. The number of ether oxygens (including phenoxy) is 1. The predicted octanol–water partition coefficient (Wildman–Crippen LogP) is 1.06. The number of hydrogen-bond acceptors (Lipinski definition) is 3. The van der Waals surface area contributed by atoms with Crippen LogP contribution < -0.4 is 10.6 Å². The summed E-state index contributed by atoms with van der Waals surface area (Å²) in [7, 11) is 0. The van der Waals surface area contributed by atoms with Crippen LogP contribution in [-0.2, 0) is 9.53 Å². The molecule has 19 heavy (non-hydrogen) atoms. The number of hydrogen-bond donors (Lipinski definition) is 2. The monoisotopic (exact) mass is 264 g/mol. The molecule has 5 atom stereocenters. The van der Waals surface area contributed by atoms with Gasteiger partial charge in [0.2, 0.25) is 5.91 Å². The van der Waals surface area contributed by atoms with Crippen molar-refractivity contribution in [3.63, 3.8) is 0 Å². The van der Waals surface area contributed by atoms with E-state index in [0.717, 1.165) is 25.5 Å². The van der Waals surface area contributed by atoms with Crippen molar-refractivity contribution in [2.24, 2.45) is 17.8 Å². The number of carbonyl (C=O) groups excluding carboxylic acids is 1. The Hall–Kier alpha value is -0.610. The van der Waals surface area contributed by atoms with Crippen molar-refractivity contribution in [1.82, 2.24) is 10.6 Å². The molecule has 0 spiro atoms. The summed E-state index contributed by atoms with van der Waals surface area (Å²) in [4.78, 5) is 12.5. The summed E-state index contributed by atoms with van der Waals surface area (Å²) in [6.07, 6.45) is 7.69. The third-order valence-electron chi connectivity index (χ3n) is 5.58. The number of amides is 1. The molecule has 2 N–H and O–H groups in total. The fraction of sp³-hybridized carbons (Fsp3) is 0.933. The number of nitrogens with one attached hydrogen (secondary N) is 2. The molecule has 2 saturated heterocycles. The van der Waals surface area contributed by atoms with E-state index >= 15 is 0 Å². The Labute approximate surface area is 114 Å². The Morgan fingerprint density at radius 2 is 2.00 bits per heavy atom. The van der Waals surface area contributed by atoms with Gasteiger partial charge in [-0.15, -0.1) is 0 Å². The smallest absolute Gasteiger partial charge is 0.237 e. The molecule has 0 aromatic heterocycles. The van der Waals surface area contributed by atoms with E-state index in [1.807, 2.05) is 0 Å². The van der Waals surface area contributed by atoms with Gasteiger partial charge in [-0.05, 0) is 56.4 Å². The SMILES string of the molecule is O=C(NC1CCOC1C1CC1)C1NCC2CCCC21. The van der Waals surface area contributed by atoms with Crippen LogP contribution in [0.1, 0.15) is 38.5 Å². The molecule has 2 aliphatic heterocycles. The van der Waals surface area contributed by atoms with E-state index in [4.69, 9.17) is 4.74 Å². The zero-order chi connectivity index (χ0) is 12.8. The Balaban J connectivity index is 1.38. The van der Waals surface area contributed by atoms with Crippen LogP contribution in [0.5, 0.6) is 0 Å². The quantitative estimate of drug-likeness (QED) is 0.801. The molecule has 2 saturated carbocycles. The molecule has 5 unspecified atom stereocenters. The molecule has 4 fully saturated rings. The van der Waals surface area contributed by atoms with Crippen molar-refractivity contribution in [3.05, 3.63) is 0 Å². The maximum atomic E-state index is 12.5. The average Bonchev–Trinajstić information content (AvgIpc) is 2.83. The first-order chi connectivity index (χ1) is 9.33. The second-order valence-electron chi connectivity index (χ2n) is 6.82. The molecule has 1 amide bonds. The highest BCUT2D eigenvalue weighted by Crippen LogP contribution is 2.40. The summed E-state index contributed by atoms with van der Waals surface area (Å²) >= 11 is 0. The van der Waals surface area contributed by atoms with Crippen LogP contribution >= 0.6 is 0 Å². The molecule has 2 aliphatic carbocycles. The summed E-state index contributed by atoms with van der Waals surface area (Å²) in [5.74, 6) is 2.27. The topological polar surface area (TPSA) is 50.4 Å². The molecule has 4 nitrogen and oxygen atoms in total. The lowest BCUT2D eigenvalue weighted by molar-refractivity contribution is -0.125. The summed E-state index contributed by atoms with van der Waals surface area (Å²) in [5.41, 5.74) is 0. The van der Waals surface area contributed by atoms with E-state index in [0.29, 0.717) is 17.9 Å². The minimum Gasteiger partial charge on any atom is -0.376 e. The molecule has 4 aliphatic rings. The first-order valence-electron chi connectivity index (χ1n) is 7.98. The van der Waals surface area contributed by atoms with Crippen molar-refractivity contribution < 1.29 is 9.53 Å². The van der Waals surface area contributed by atoms with Crippen LogP contribution in [0.2, 0.25) is 0 Å². The van der Waals surface area contributed by atoms with E-state index in [2.05, 4.69) is 10.6 Å². The fourth-order valence-electron chi connectivity index (χ4n) is 4.40. The predicted molar refractivity (Wildman–Crippen MR) is 71.6 cm³/mol. The highest BCUT2D eigenvalue weighted by molar-refractivity contribution is 5.83. The molecular weight excluding hydrogens is 240 g/mol. The van der Waals surface area contributed by atoms with Gasteiger partial charge in [-0.2, -0.15) is 0 Å². The Bertz CT molecular complexity index is 369. The molecule has 106 valence electrons. The van der Waals surface area contributed by atoms with Crippen LogP contribution in [0.25, 0.3) is 0 Å². The maximum Gasteiger partial charge on any atom is 0.237 e. The van der Waals surface area contributed by atoms with Crippen LogP contribution in [-0.4, -0.2) is 37.2 Å². The molecule has 0 radical (unpaired) electrons. The van der Waals surface area contributed by atoms with Gasteiger partial charge in [0, 0.05) is 6.61 Å². The maximum absolute atomic E-state index is 12.5. The molecule has 2 heterocycles. The van der Waals surface area contributed by atoms with Crippen LogP contribution in [0.15, 0.2) is 0 Å². The van der Waals surface area contributed by atoms with Crippen LogP contribution in [0, 0.1) is 17.8 Å². The van der Waals surface area contributed by atoms with Gasteiger partial charge in [-0.25, -0.2) is 0 Å². The third kappa shape index (κ3) is 2.19. The first-order valence-corrected chi connectivity index (χ1v) is 7.98. The number of rotatable bonds is 3. The van der Waals surface area contributed by atoms with Gasteiger partial charge >= 0.3 is 0 Å². The molecule has 0 bridgehead atoms. The lowest BCUT2D eigenvalue weighted by Gasteiger charge is -2.23. The largest absolute Gasteiger partial charge is 0.376 e. The van der Waals surface area contributed by atoms with Gasteiger partial charge < -0.3 is 15.4 Å². The van der Waals surface area contributed by atoms with Gasteiger partial charge in [0.25, 0.3) is 0 Å². The van der Waals surface area contributed by atoms with Crippen molar-refractivity contribution in [3.8, 4) is 0 Å². The van der Waals surface area contributed by atoms with E-state index in [-0.39, 0.29) is 18.0 Å². The van der Waals surface area contributed by atoms with Crippen LogP contribution in [0.3, 0.4) is 0 Å². The van der Waals surface area contributed by atoms with Crippen molar-refractivity contribution >= 4 is 5.91 Å². The normalized spacial score (nSPS) is 45.4. The van der Waals surface area contributed by atoms with Crippen LogP contribution in [0.4, 0.5) is 0 Å². The Morgan fingerprint density at radius 3 is 2.84 bits per heavy atom. The molecule has 4 heteroatoms. The Kier molecular flexibility index (Phi) is 3.03. The molecular formula is C15H24N2O2. The Morgan fingerprint density at radius 1 is 1.11 bits per heavy atom. The summed E-state index contributed by atoms with van der Waals surface area (Å²) in [6, 6.07) is 0.329. The summed E-state index contributed by atoms with van der Waals surface area (Å²) in [6.45, 7) is 1.85. The third-order valence-corrected chi connectivity index (χ3v) is 5.58. The van der Waals surface area contributed by atoms with Gasteiger partial charge in [-0.3, -0.25) is 4.79 Å². The fourth-order valence-corrected chi connectivity index (χ4v) is 4.40. The second-order valence-corrected chi connectivity index (χ2v) is 6.82. The van der Waals surface area contributed by atoms with Crippen molar-refractivity contribution in [2.45, 2.75) is 56.7 Å². The summed E-state index contributed by atoms with van der Waals surface area (Å²) in [5, 5.41) is 6.72. The van der Waals surface area contributed by atoms with Gasteiger partial charge in [-0.1, -0.05) is 6.42 Å². The second kappa shape index (κ2) is 4.74. The lowest BCUT2D eigenvalue weighted by Crippen LogP contribution is -2.50. The summed E-state index contributed by atoms with van der Waals surface area (Å²) < 4.78 is 5.80. The standard InChI is InChI=1S/C15H24N2O2/c18-15(13-11-3-1-2-10(11)8-16-13)17-12-6-7-19-14(12)9-4-5-9/h9-14,16H,1-8H2,(H,17,18). The minimum atomic E-state index is 0.0629.